The van der Waals surface area contributed by atoms with Gasteiger partial charge in [0.25, 0.3) is 0 Å². The highest BCUT2D eigenvalue weighted by atomic mass is 35.5. The van der Waals surface area contributed by atoms with Gasteiger partial charge in [0.1, 0.15) is 5.52 Å². The number of anilines is 2. The molecule has 0 spiro atoms. The van der Waals surface area contributed by atoms with Crippen molar-refractivity contribution in [3.05, 3.63) is 70.5 Å². The zero-order valence-corrected chi connectivity index (χ0v) is 20.2. The van der Waals surface area contributed by atoms with Gasteiger partial charge in [-0.05, 0) is 45.0 Å². The predicted octanol–water partition coefficient (Wildman–Crippen LogP) is 4.75. The van der Waals surface area contributed by atoms with Gasteiger partial charge in [0, 0.05) is 26.2 Å². The van der Waals surface area contributed by atoms with Crippen molar-refractivity contribution in [1.82, 2.24) is 24.9 Å². The summed E-state index contributed by atoms with van der Waals surface area (Å²) in [5.41, 5.74) is 5.54. The van der Waals surface area contributed by atoms with Crippen LogP contribution in [0.1, 0.15) is 17.0 Å². The second kappa shape index (κ2) is 8.95. The molecule has 0 radical (unpaired) electrons. The van der Waals surface area contributed by atoms with Crippen molar-refractivity contribution in [3.8, 4) is 5.69 Å². The molecule has 9 heteroatoms. The van der Waals surface area contributed by atoms with E-state index in [2.05, 4.69) is 58.5 Å². The smallest absolute Gasteiger partial charge is 0.322 e. The second-order valence-corrected chi connectivity index (χ2v) is 8.96. The van der Waals surface area contributed by atoms with E-state index < -0.39 is 0 Å². The third-order valence-electron chi connectivity index (χ3n) is 6.25. The van der Waals surface area contributed by atoms with E-state index in [1.54, 1.807) is 17.0 Å². The molecule has 34 heavy (non-hydrogen) atoms. The third kappa shape index (κ3) is 4.05. The first kappa shape index (κ1) is 22.2. The van der Waals surface area contributed by atoms with Crippen LogP contribution in [0, 0.1) is 20.8 Å². The van der Waals surface area contributed by atoms with Gasteiger partial charge >= 0.3 is 6.03 Å². The van der Waals surface area contributed by atoms with Crippen LogP contribution in [0.4, 0.5) is 16.3 Å². The number of nitrogens with one attached hydrogen (secondary N) is 1. The van der Waals surface area contributed by atoms with Crippen LogP contribution in [0.25, 0.3) is 16.6 Å². The summed E-state index contributed by atoms with van der Waals surface area (Å²) in [4.78, 5) is 16.7. The minimum absolute atomic E-state index is 0.160. The molecular formula is C25H26ClN7O. The molecule has 1 saturated heterocycles. The molecule has 0 unspecified atom stereocenters. The number of fused-ring (bicyclic) bond motifs is 1. The summed E-state index contributed by atoms with van der Waals surface area (Å²) in [7, 11) is 0. The number of rotatable bonds is 3. The number of para-hydroxylation sites is 1. The molecule has 0 saturated carbocycles. The van der Waals surface area contributed by atoms with Gasteiger partial charge in [-0.2, -0.15) is 10.2 Å². The van der Waals surface area contributed by atoms with Crippen LogP contribution in [-0.4, -0.2) is 57.1 Å². The van der Waals surface area contributed by atoms with Gasteiger partial charge in [-0.15, -0.1) is 5.10 Å². The Morgan fingerprint density at radius 2 is 1.65 bits per heavy atom. The van der Waals surface area contributed by atoms with Crippen LogP contribution in [0.3, 0.4) is 0 Å². The summed E-state index contributed by atoms with van der Waals surface area (Å²) in [5.74, 6) is 0.751. The molecule has 1 N–H and O–H groups in total. The number of urea groups is 1. The number of aromatic nitrogens is 4. The molecule has 2 aromatic carbocycles. The van der Waals surface area contributed by atoms with Crippen molar-refractivity contribution in [2.24, 2.45) is 0 Å². The van der Waals surface area contributed by atoms with Crippen molar-refractivity contribution in [1.29, 1.82) is 0 Å². The fourth-order valence-corrected chi connectivity index (χ4v) is 4.52. The zero-order chi connectivity index (χ0) is 23.8. The number of nitrogens with zero attached hydrogens (tertiary/aromatic N) is 6. The molecule has 0 atom stereocenters. The van der Waals surface area contributed by atoms with Crippen LogP contribution < -0.4 is 10.2 Å². The zero-order valence-electron chi connectivity index (χ0n) is 19.4. The van der Waals surface area contributed by atoms with Crippen LogP contribution in [0.5, 0.6) is 0 Å². The van der Waals surface area contributed by atoms with E-state index in [1.165, 1.54) is 5.56 Å². The van der Waals surface area contributed by atoms with Gasteiger partial charge in [0.2, 0.25) is 0 Å². The molecule has 0 bridgehead atoms. The summed E-state index contributed by atoms with van der Waals surface area (Å²) in [5, 5.41) is 18.3. The standard InChI is InChI=1S/C25H26ClN7O/c1-16-8-10-19(11-9-16)33-18(3)22-17(2)28-29-24(23(22)30-33)31-12-14-32(15-13-31)25(34)27-21-7-5-4-6-20(21)26/h4-11H,12-15H2,1-3H3,(H,27,34). The highest BCUT2D eigenvalue weighted by Gasteiger charge is 2.26. The maximum atomic E-state index is 12.7. The summed E-state index contributed by atoms with van der Waals surface area (Å²) in [6, 6.07) is 15.4. The molecule has 5 rings (SSSR count). The van der Waals surface area contributed by atoms with Crippen LogP contribution >= 0.6 is 11.6 Å². The minimum atomic E-state index is -0.160. The van der Waals surface area contributed by atoms with Gasteiger partial charge in [-0.3, -0.25) is 0 Å². The van der Waals surface area contributed by atoms with Crippen molar-refractivity contribution >= 4 is 40.0 Å². The number of benzene rings is 2. The SMILES string of the molecule is Cc1ccc(-n2nc3c(N4CCN(C(=O)Nc5ccccc5Cl)CC4)nnc(C)c3c2C)cc1. The van der Waals surface area contributed by atoms with E-state index >= 15 is 0 Å². The number of amides is 2. The highest BCUT2D eigenvalue weighted by Crippen LogP contribution is 2.30. The lowest BCUT2D eigenvalue weighted by molar-refractivity contribution is 0.208. The summed E-state index contributed by atoms with van der Waals surface area (Å²) >= 11 is 6.18. The van der Waals surface area contributed by atoms with E-state index in [0.717, 1.165) is 33.8 Å². The lowest BCUT2D eigenvalue weighted by Crippen LogP contribution is -2.50. The monoisotopic (exact) mass is 475 g/mol. The van der Waals surface area contributed by atoms with Crippen molar-refractivity contribution in [3.63, 3.8) is 0 Å². The fourth-order valence-electron chi connectivity index (χ4n) is 4.34. The van der Waals surface area contributed by atoms with Gasteiger partial charge in [-0.25, -0.2) is 9.48 Å². The topological polar surface area (TPSA) is 79.2 Å². The number of carbonyl (C=O) groups is 1. The number of hydrogen-bond acceptors (Lipinski definition) is 5. The minimum Gasteiger partial charge on any atom is -0.350 e. The Hall–Kier alpha value is -3.65. The Labute approximate surface area is 203 Å². The number of carbonyl (C=O) groups excluding carboxylic acids is 1. The van der Waals surface area contributed by atoms with Crippen LogP contribution in [0.2, 0.25) is 5.02 Å². The average molecular weight is 476 g/mol. The van der Waals surface area contributed by atoms with E-state index in [-0.39, 0.29) is 6.03 Å². The van der Waals surface area contributed by atoms with E-state index in [1.807, 2.05) is 23.7 Å². The van der Waals surface area contributed by atoms with Gasteiger partial charge in [0.15, 0.2) is 5.82 Å². The lowest BCUT2D eigenvalue weighted by atomic mass is 10.2. The molecule has 8 nitrogen and oxygen atoms in total. The van der Waals surface area contributed by atoms with Crippen molar-refractivity contribution < 1.29 is 4.79 Å². The third-order valence-corrected chi connectivity index (χ3v) is 6.57. The largest absolute Gasteiger partial charge is 0.350 e. The lowest BCUT2D eigenvalue weighted by Gasteiger charge is -2.35. The first-order valence-electron chi connectivity index (χ1n) is 11.3. The quantitative estimate of drug-likeness (QED) is 0.462. The number of piperazine rings is 1. The molecule has 174 valence electrons. The predicted molar refractivity (Wildman–Crippen MR) is 135 cm³/mol. The molecule has 3 heterocycles. The van der Waals surface area contributed by atoms with Crippen LogP contribution in [-0.2, 0) is 0 Å². The van der Waals surface area contributed by atoms with Crippen molar-refractivity contribution in [2.45, 2.75) is 20.8 Å². The average Bonchev–Trinajstić information content (AvgIpc) is 3.19. The molecular weight excluding hydrogens is 450 g/mol. The van der Waals surface area contributed by atoms with E-state index in [4.69, 9.17) is 16.7 Å². The Kier molecular flexibility index (Phi) is 5.83. The number of aryl methyl sites for hydroxylation is 3. The molecule has 1 aliphatic rings. The van der Waals surface area contributed by atoms with E-state index in [9.17, 15) is 4.79 Å². The Morgan fingerprint density at radius 1 is 0.941 bits per heavy atom. The number of hydrogen-bond donors (Lipinski definition) is 1. The molecule has 1 fully saturated rings. The second-order valence-electron chi connectivity index (χ2n) is 8.55. The molecule has 1 aliphatic heterocycles. The highest BCUT2D eigenvalue weighted by molar-refractivity contribution is 6.33. The van der Waals surface area contributed by atoms with Gasteiger partial charge < -0.3 is 15.1 Å². The summed E-state index contributed by atoms with van der Waals surface area (Å²) < 4.78 is 1.96. The Balaban J connectivity index is 1.37. The Bertz CT molecular complexity index is 1360. The van der Waals surface area contributed by atoms with Gasteiger partial charge in [0.05, 0.1) is 33.2 Å². The first-order chi connectivity index (χ1) is 16.4. The Morgan fingerprint density at radius 3 is 2.35 bits per heavy atom. The van der Waals surface area contributed by atoms with Crippen molar-refractivity contribution in [2.75, 3.05) is 36.4 Å². The molecule has 0 aliphatic carbocycles. The summed E-state index contributed by atoms with van der Waals surface area (Å²) in [6.45, 7) is 8.49. The normalized spacial score (nSPS) is 14.0. The number of halogens is 1. The van der Waals surface area contributed by atoms with E-state index in [0.29, 0.717) is 36.9 Å². The fraction of sp³-hybridized carbons (Fsp3) is 0.280. The van der Waals surface area contributed by atoms with Crippen LogP contribution in [0.15, 0.2) is 48.5 Å². The maximum absolute atomic E-state index is 12.7. The first-order valence-corrected chi connectivity index (χ1v) is 11.6. The molecule has 2 aromatic heterocycles. The maximum Gasteiger partial charge on any atom is 0.322 e. The van der Waals surface area contributed by atoms with Gasteiger partial charge in [-0.1, -0.05) is 41.4 Å². The molecule has 2 amide bonds. The molecule has 4 aromatic rings. The summed E-state index contributed by atoms with van der Waals surface area (Å²) in [6.07, 6.45) is 0.